The Labute approximate surface area is 219 Å². The molecule has 33 heavy (non-hydrogen) atoms. The normalized spacial score (nSPS) is 11.0. The summed E-state index contributed by atoms with van der Waals surface area (Å²) in [5, 5.41) is 0. The zero-order chi connectivity index (χ0) is 24.2. The third kappa shape index (κ3) is 28.0. The van der Waals surface area contributed by atoms with Crippen LogP contribution in [-0.4, -0.2) is 37.1 Å². The number of hydrogen-bond acceptors (Lipinski definition) is 4. The molecule has 0 spiro atoms. The van der Waals surface area contributed by atoms with Crippen molar-refractivity contribution in [1.29, 1.82) is 0 Å². The molecule has 0 N–H and O–H groups in total. The molecule has 0 aliphatic heterocycles. The second-order valence-electron chi connectivity index (χ2n) is 9.60. The molecule has 0 unspecified atom stereocenters. The molecule has 0 aliphatic rings. The molecule has 0 atom stereocenters. The minimum absolute atomic E-state index is 0.170. The maximum absolute atomic E-state index is 11.8. The Bertz CT molecular complexity index is 428. The fourth-order valence-electron chi connectivity index (χ4n) is 4.08. The first-order valence-corrected chi connectivity index (χ1v) is 17.5. The molecule has 0 amide bonds. The average molecular weight is 662 g/mol. The molecular weight excluding hydrogens is 608 g/mol. The Balaban J connectivity index is 3.26. The van der Waals surface area contributed by atoms with Gasteiger partial charge >= 0.3 is 175 Å². The summed E-state index contributed by atoms with van der Waals surface area (Å²) in [6.07, 6.45) is 29.0. The van der Waals surface area contributed by atoms with Crippen LogP contribution < -0.4 is 0 Å². The predicted molar refractivity (Wildman–Crippen MR) is 140 cm³/mol. The van der Waals surface area contributed by atoms with Crippen LogP contribution in [0, 0.1) is 0 Å². The summed E-state index contributed by atoms with van der Waals surface area (Å²) in [5.41, 5.74) is 0. The number of hydrogen-bond donors (Lipinski definition) is 0. The van der Waals surface area contributed by atoms with E-state index in [1.54, 1.807) is 0 Å². The first kappa shape index (κ1) is 32.9. The van der Waals surface area contributed by atoms with Crippen molar-refractivity contribution in [3.63, 3.8) is 0 Å². The summed E-state index contributed by atoms with van der Waals surface area (Å²) in [6.45, 7) is 4.49. The van der Waals surface area contributed by atoms with Gasteiger partial charge in [-0.2, -0.15) is 0 Å². The van der Waals surface area contributed by atoms with E-state index in [0.29, 0.717) is 12.8 Å². The van der Waals surface area contributed by atoms with Crippen molar-refractivity contribution < 1.29 is 15.0 Å². The van der Waals surface area contributed by atoms with Crippen LogP contribution in [0.5, 0.6) is 0 Å². The van der Waals surface area contributed by atoms with Crippen molar-refractivity contribution in [2.24, 2.45) is 0 Å². The van der Waals surface area contributed by atoms with Gasteiger partial charge < -0.3 is 0 Å². The molecule has 0 fully saturated rings. The Morgan fingerprint density at radius 2 is 0.667 bits per heavy atom. The maximum atomic E-state index is 11.8. The molecule has 4 nitrogen and oxygen atoms in total. The summed E-state index contributed by atoms with van der Waals surface area (Å²) in [5.74, 6) is -0.344. The van der Waals surface area contributed by atoms with Crippen molar-refractivity contribution in [3.8, 4) is 0 Å². The molecule has 0 aromatic carbocycles. The van der Waals surface area contributed by atoms with Gasteiger partial charge in [-0.25, -0.2) is 0 Å². The Kier molecular flexibility index (Phi) is 28.0. The van der Waals surface area contributed by atoms with E-state index in [-0.39, 0.29) is 11.9 Å². The van der Waals surface area contributed by atoms with Gasteiger partial charge in [0.25, 0.3) is 0 Å². The second-order valence-corrected chi connectivity index (χ2v) is 11.8. The van der Waals surface area contributed by atoms with Crippen LogP contribution in [0.15, 0.2) is 0 Å². The molecule has 0 aromatic heterocycles. The van der Waals surface area contributed by atoms with E-state index in [1.807, 2.05) is 0 Å². The van der Waals surface area contributed by atoms with E-state index in [0.717, 1.165) is 25.7 Å². The minimum atomic E-state index is -2.01. The van der Waals surface area contributed by atoms with Crippen molar-refractivity contribution >= 4 is 37.1 Å². The molecule has 0 rings (SSSR count). The van der Waals surface area contributed by atoms with Gasteiger partial charge in [-0.05, 0) is 0 Å². The van der Waals surface area contributed by atoms with Gasteiger partial charge in [-0.1, -0.05) is 45.4 Å². The number of rotatable bonds is 26. The van der Waals surface area contributed by atoms with Crippen molar-refractivity contribution in [2.75, 3.05) is 0 Å². The third-order valence-electron chi connectivity index (χ3n) is 6.28. The first-order chi connectivity index (χ1) is 16.2. The van der Waals surface area contributed by atoms with Gasteiger partial charge in [0.05, 0.1) is 0 Å². The molecule has 0 heterocycles. The SMILES string of the molecule is CCCCCCCCCCCCCCCCCC(=O)[O][Pb][O]C(=O)CCCCCCCCC. The van der Waals surface area contributed by atoms with Crippen LogP contribution >= 0.6 is 0 Å². The quantitative estimate of drug-likeness (QED) is 0.0686. The Morgan fingerprint density at radius 3 is 0.939 bits per heavy atom. The summed E-state index contributed by atoms with van der Waals surface area (Å²) in [4.78, 5) is 23.5. The molecule has 0 bridgehead atoms. The summed E-state index contributed by atoms with van der Waals surface area (Å²) < 4.78 is 10.4. The van der Waals surface area contributed by atoms with Crippen LogP contribution in [0.2, 0.25) is 0 Å². The van der Waals surface area contributed by atoms with Crippen LogP contribution in [0.4, 0.5) is 0 Å². The van der Waals surface area contributed by atoms with E-state index >= 15 is 0 Å². The monoisotopic (exact) mass is 662 g/mol. The average Bonchev–Trinajstić information content (AvgIpc) is 2.81. The second kappa shape index (κ2) is 28.1. The van der Waals surface area contributed by atoms with E-state index in [1.165, 1.54) is 116 Å². The summed E-state index contributed by atoms with van der Waals surface area (Å²) >= 11 is -2.01. The first-order valence-electron chi connectivity index (χ1n) is 14.3. The fraction of sp³-hybridized carbons (Fsp3) is 0.929. The number of unbranched alkanes of at least 4 members (excludes halogenated alkanes) is 20. The van der Waals surface area contributed by atoms with Crippen molar-refractivity contribution in [1.82, 2.24) is 0 Å². The molecular formula is C28H54O4Pb. The van der Waals surface area contributed by atoms with Crippen LogP contribution in [0.1, 0.15) is 168 Å². The molecule has 0 saturated carbocycles. The Hall–Kier alpha value is -0.138. The molecule has 2 radical (unpaired) electrons. The van der Waals surface area contributed by atoms with Gasteiger partial charge in [0.15, 0.2) is 0 Å². The van der Waals surface area contributed by atoms with Gasteiger partial charge in [-0.15, -0.1) is 0 Å². The van der Waals surface area contributed by atoms with Gasteiger partial charge in [0, 0.05) is 0 Å². The fourth-order valence-corrected chi connectivity index (χ4v) is 5.76. The molecule has 194 valence electrons. The topological polar surface area (TPSA) is 52.6 Å². The van der Waals surface area contributed by atoms with Crippen molar-refractivity contribution in [2.45, 2.75) is 168 Å². The molecule has 0 saturated heterocycles. The van der Waals surface area contributed by atoms with E-state index in [9.17, 15) is 9.59 Å². The number of carbonyl (C=O) groups is 2. The van der Waals surface area contributed by atoms with Gasteiger partial charge in [-0.3, -0.25) is 0 Å². The van der Waals surface area contributed by atoms with E-state index in [2.05, 4.69) is 13.8 Å². The van der Waals surface area contributed by atoms with Gasteiger partial charge in [0.1, 0.15) is 0 Å². The van der Waals surface area contributed by atoms with Crippen molar-refractivity contribution in [3.05, 3.63) is 0 Å². The zero-order valence-corrected chi connectivity index (χ0v) is 26.0. The molecule has 0 aromatic rings. The summed E-state index contributed by atoms with van der Waals surface area (Å²) in [6, 6.07) is 0. The zero-order valence-electron chi connectivity index (χ0n) is 22.1. The van der Waals surface area contributed by atoms with Crippen LogP contribution in [0.25, 0.3) is 0 Å². The summed E-state index contributed by atoms with van der Waals surface area (Å²) in [7, 11) is 0. The third-order valence-corrected chi connectivity index (χ3v) is 8.70. The van der Waals surface area contributed by atoms with Crippen LogP contribution in [0.3, 0.4) is 0 Å². The standard InChI is InChI=1S/C18H36O2.C10H20O2.Pb/c1-2-3-4-5-6-7-8-9-10-11-12-13-14-15-16-17-18(19)20;1-2-3-4-5-6-7-8-9-10(11)12;/h2-17H2,1H3,(H,19,20);2-9H2,1H3,(H,11,12);/q;;+2/p-2. The predicted octanol–water partition coefficient (Wildman–Crippen LogP) is 9.01. The molecule has 0 aliphatic carbocycles. The Morgan fingerprint density at radius 1 is 0.424 bits per heavy atom. The van der Waals surface area contributed by atoms with E-state index < -0.39 is 25.1 Å². The molecule has 5 heteroatoms. The van der Waals surface area contributed by atoms with Gasteiger partial charge in [0.2, 0.25) is 0 Å². The van der Waals surface area contributed by atoms with Crippen LogP contribution in [-0.2, 0) is 15.0 Å². The van der Waals surface area contributed by atoms with E-state index in [4.69, 9.17) is 5.37 Å². The number of carbonyl (C=O) groups excluding carboxylic acids is 2.